The molecule has 4 aromatic rings. The molecule has 0 radical (unpaired) electrons. The molecule has 0 bridgehead atoms. The molecule has 0 unspecified atom stereocenters. The zero-order valence-corrected chi connectivity index (χ0v) is 29.7. The number of methoxy groups -OCH3 is 3. The summed E-state index contributed by atoms with van der Waals surface area (Å²) in [5, 5.41) is 3.00. The SMILES string of the molecule is COc1cccc(CN(C(=O)CN(c2ccc(C)cc2)S(=O)(=O)c2ccc(OC)c(OC)c2)[C@H](Cc2ccccc2)C(=O)NCC(C)C)c1. The monoisotopic (exact) mass is 687 g/mol. The van der Waals surface area contributed by atoms with Gasteiger partial charge in [-0.25, -0.2) is 8.42 Å². The highest BCUT2D eigenvalue weighted by molar-refractivity contribution is 7.92. The van der Waals surface area contributed by atoms with Gasteiger partial charge in [-0.15, -0.1) is 0 Å². The molecular weight excluding hydrogens is 642 g/mol. The summed E-state index contributed by atoms with van der Waals surface area (Å²) < 4.78 is 46.1. The molecule has 0 aliphatic heterocycles. The van der Waals surface area contributed by atoms with E-state index in [4.69, 9.17) is 14.2 Å². The van der Waals surface area contributed by atoms with Crippen molar-refractivity contribution in [3.63, 3.8) is 0 Å². The lowest BCUT2D eigenvalue weighted by atomic mass is 10.0. The van der Waals surface area contributed by atoms with Gasteiger partial charge in [0, 0.05) is 25.6 Å². The Kier molecular flexibility index (Phi) is 12.7. The first-order valence-corrected chi connectivity index (χ1v) is 17.5. The van der Waals surface area contributed by atoms with Gasteiger partial charge in [0.05, 0.1) is 31.9 Å². The summed E-state index contributed by atoms with van der Waals surface area (Å²) in [4.78, 5) is 30.0. The largest absolute Gasteiger partial charge is 0.497 e. The van der Waals surface area contributed by atoms with Crippen LogP contribution in [0.5, 0.6) is 17.2 Å². The number of nitrogens with zero attached hydrogens (tertiary/aromatic N) is 2. The molecule has 0 heterocycles. The Morgan fingerprint density at radius 2 is 1.45 bits per heavy atom. The summed E-state index contributed by atoms with van der Waals surface area (Å²) in [7, 11) is 0.102. The fraction of sp³-hybridized carbons (Fsp3) is 0.316. The Balaban J connectivity index is 1.83. The number of aryl methyl sites for hydroxylation is 1. The van der Waals surface area contributed by atoms with E-state index in [2.05, 4.69) is 5.32 Å². The predicted octanol–water partition coefficient (Wildman–Crippen LogP) is 5.63. The molecule has 2 amide bonds. The average Bonchev–Trinajstić information content (AvgIpc) is 3.11. The van der Waals surface area contributed by atoms with Crippen molar-refractivity contribution in [2.24, 2.45) is 5.92 Å². The van der Waals surface area contributed by atoms with E-state index in [1.807, 2.05) is 63.2 Å². The van der Waals surface area contributed by atoms with E-state index in [9.17, 15) is 18.0 Å². The molecule has 0 spiro atoms. The third-order valence-corrected chi connectivity index (χ3v) is 9.76. The molecule has 1 N–H and O–H groups in total. The van der Waals surface area contributed by atoms with E-state index < -0.39 is 28.5 Å². The topological polar surface area (TPSA) is 114 Å². The van der Waals surface area contributed by atoms with Crippen molar-refractivity contribution in [1.82, 2.24) is 10.2 Å². The molecule has 0 saturated carbocycles. The molecule has 0 fully saturated rings. The fourth-order valence-corrected chi connectivity index (χ4v) is 6.72. The second-order valence-electron chi connectivity index (χ2n) is 12.1. The maximum atomic E-state index is 14.7. The molecule has 0 aliphatic rings. The lowest BCUT2D eigenvalue weighted by molar-refractivity contribution is -0.140. The maximum Gasteiger partial charge on any atom is 0.264 e. The van der Waals surface area contributed by atoms with E-state index in [-0.39, 0.29) is 35.4 Å². The summed E-state index contributed by atoms with van der Waals surface area (Å²) in [6, 6.07) is 26.9. The van der Waals surface area contributed by atoms with Crippen LogP contribution in [0, 0.1) is 12.8 Å². The fourth-order valence-electron chi connectivity index (χ4n) is 5.29. The van der Waals surface area contributed by atoms with Crippen molar-refractivity contribution in [3.05, 3.63) is 114 Å². The minimum atomic E-state index is -4.33. The summed E-state index contributed by atoms with van der Waals surface area (Å²) in [5.74, 6) is 0.452. The first-order chi connectivity index (χ1) is 23.5. The number of carbonyl (C=O) groups excluding carboxylic acids is 2. The summed E-state index contributed by atoms with van der Waals surface area (Å²) in [6.07, 6.45) is 0.216. The molecular formula is C38H45N3O7S. The summed E-state index contributed by atoms with van der Waals surface area (Å²) >= 11 is 0. The normalized spacial score (nSPS) is 11.8. The van der Waals surface area contributed by atoms with Crippen LogP contribution in [-0.4, -0.2) is 65.6 Å². The van der Waals surface area contributed by atoms with Crippen LogP contribution in [0.1, 0.15) is 30.5 Å². The average molecular weight is 688 g/mol. The van der Waals surface area contributed by atoms with Crippen LogP contribution in [-0.2, 0) is 32.6 Å². The minimum absolute atomic E-state index is 0.0285. The van der Waals surface area contributed by atoms with E-state index in [1.165, 1.54) is 37.3 Å². The first-order valence-electron chi connectivity index (χ1n) is 16.0. The number of benzene rings is 4. The number of anilines is 1. The highest BCUT2D eigenvalue weighted by Gasteiger charge is 2.35. The van der Waals surface area contributed by atoms with Crippen LogP contribution in [0.2, 0.25) is 0 Å². The van der Waals surface area contributed by atoms with E-state index >= 15 is 0 Å². The minimum Gasteiger partial charge on any atom is -0.497 e. The van der Waals surface area contributed by atoms with Crippen molar-refractivity contribution in [2.75, 3.05) is 38.7 Å². The Morgan fingerprint density at radius 3 is 2.08 bits per heavy atom. The highest BCUT2D eigenvalue weighted by atomic mass is 32.2. The van der Waals surface area contributed by atoms with Gasteiger partial charge < -0.3 is 24.4 Å². The molecule has 1 atom stereocenters. The van der Waals surface area contributed by atoms with Crippen molar-refractivity contribution in [3.8, 4) is 17.2 Å². The van der Waals surface area contributed by atoms with Gasteiger partial charge >= 0.3 is 0 Å². The predicted molar refractivity (Wildman–Crippen MR) is 191 cm³/mol. The zero-order valence-electron chi connectivity index (χ0n) is 28.9. The standard InChI is InChI=1S/C38H45N3O7S/c1-27(2)24-39-38(43)34(22-29-11-8-7-9-12-29)40(25-30-13-10-14-32(21-30)46-4)37(42)26-41(31-17-15-28(3)16-18-31)49(44,45)33-19-20-35(47-5)36(23-33)48-6/h7-21,23,27,34H,22,24-26H2,1-6H3,(H,39,43)/t34-/m1/s1. The van der Waals surface area contributed by atoms with E-state index in [1.54, 1.807) is 43.5 Å². The van der Waals surface area contributed by atoms with Crippen molar-refractivity contribution < 1.29 is 32.2 Å². The van der Waals surface area contributed by atoms with Gasteiger partial charge in [0.25, 0.3) is 10.0 Å². The maximum absolute atomic E-state index is 14.7. The van der Waals surface area contributed by atoms with Crippen LogP contribution in [0.15, 0.2) is 102 Å². The molecule has 4 rings (SSSR count). The molecule has 0 aromatic heterocycles. The van der Waals surface area contributed by atoms with Crippen LogP contribution < -0.4 is 23.8 Å². The Hall–Kier alpha value is -5.03. The smallest absolute Gasteiger partial charge is 0.264 e. The van der Waals surface area contributed by atoms with Crippen LogP contribution >= 0.6 is 0 Å². The highest BCUT2D eigenvalue weighted by Crippen LogP contribution is 2.32. The third kappa shape index (κ3) is 9.54. The van der Waals surface area contributed by atoms with Gasteiger partial charge in [-0.1, -0.05) is 74.0 Å². The number of hydrogen-bond acceptors (Lipinski definition) is 7. The number of nitrogens with one attached hydrogen (secondary N) is 1. The molecule has 260 valence electrons. The zero-order chi connectivity index (χ0) is 35.6. The number of ether oxygens (including phenoxy) is 3. The summed E-state index contributed by atoms with van der Waals surface area (Å²) in [6.45, 7) is 5.73. The third-order valence-electron chi connectivity index (χ3n) is 7.99. The van der Waals surface area contributed by atoms with Gasteiger partial charge in [-0.05, 0) is 60.4 Å². The molecule has 10 nitrogen and oxygen atoms in total. The lowest BCUT2D eigenvalue weighted by Gasteiger charge is -2.34. The van der Waals surface area contributed by atoms with Gasteiger partial charge in [0.1, 0.15) is 18.3 Å². The molecule has 0 aliphatic carbocycles. The van der Waals surface area contributed by atoms with Gasteiger partial charge in [-0.2, -0.15) is 0 Å². The van der Waals surface area contributed by atoms with Crippen LogP contribution in [0.4, 0.5) is 5.69 Å². The van der Waals surface area contributed by atoms with Crippen LogP contribution in [0.3, 0.4) is 0 Å². The summed E-state index contributed by atoms with van der Waals surface area (Å²) in [5.41, 5.74) is 2.78. The quantitative estimate of drug-likeness (QED) is 0.163. The van der Waals surface area contributed by atoms with Crippen molar-refractivity contribution in [2.45, 2.75) is 44.7 Å². The van der Waals surface area contributed by atoms with Crippen LogP contribution in [0.25, 0.3) is 0 Å². The first kappa shape index (κ1) is 36.8. The van der Waals surface area contributed by atoms with E-state index in [0.717, 1.165) is 15.4 Å². The molecule has 4 aromatic carbocycles. The molecule has 0 saturated heterocycles. The number of amides is 2. The number of carbonyl (C=O) groups is 2. The van der Waals surface area contributed by atoms with Gasteiger partial charge in [-0.3, -0.25) is 13.9 Å². The molecule has 11 heteroatoms. The molecule has 49 heavy (non-hydrogen) atoms. The number of sulfonamides is 1. The second-order valence-corrected chi connectivity index (χ2v) is 13.9. The number of rotatable bonds is 16. The Morgan fingerprint density at radius 1 is 0.776 bits per heavy atom. The van der Waals surface area contributed by atoms with Gasteiger partial charge in [0.2, 0.25) is 11.8 Å². The Labute approximate surface area is 289 Å². The van der Waals surface area contributed by atoms with Gasteiger partial charge in [0.15, 0.2) is 11.5 Å². The van der Waals surface area contributed by atoms with Crippen molar-refractivity contribution in [1.29, 1.82) is 0 Å². The van der Waals surface area contributed by atoms with E-state index in [0.29, 0.717) is 29.3 Å². The van der Waals surface area contributed by atoms with Crippen molar-refractivity contribution >= 4 is 27.5 Å². The number of hydrogen-bond donors (Lipinski definition) is 1. The Bertz CT molecular complexity index is 1810. The second kappa shape index (κ2) is 16.9. The lowest BCUT2D eigenvalue weighted by Crippen LogP contribution is -2.53.